The average molecular weight is 247 g/mol. The van der Waals surface area contributed by atoms with Crippen molar-refractivity contribution in [2.24, 2.45) is 4.99 Å². The van der Waals surface area contributed by atoms with Crippen LogP contribution in [0.3, 0.4) is 0 Å². The van der Waals surface area contributed by atoms with Crippen LogP contribution in [0.15, 0.2) is 53.5 Å². The molecule has 0 N–H and O–H groups in total. The number of rotatable bonds is 2. The predicted molar refractivity (Wildman–Crippen MR) is 81.7 cm³/mol. The molecule has 0 spiro atoms. The third-order valence-electron chi connectivity index (χ3n) is 2.82. The van der Waals surface area contributed by atoms with Gasteiger partial charge in [-0.15, -0.1) is 0 Å². The van der Waals surface area contributed by atoms with Gasteiger partial charge in [0.25, 0.3) is 0 Å². The topological polar surface area (TPSA) is 12.4 Å². The standard InChI is InChI=1S/C18H17N/c1-15-10-11-18(16(2)13-15)9-6-12-19-14-17-7-4-3-5-8-17/h3-5,7-8,10-11,13-14H,12H2,1-2H3. The van der Waals surface area contributed by atoms with Crippen LogP contribution in [0.2, 0.25) is 0 Å². The van der Waals surface area contributed by atoms with Crippen LogP contribution in [0, 0.1) is 25.7 Å². The van der Waals surface area contributed by atoms with Gasteiger partial charge in [0.1, 0.15) is 6.54 Å². The molecule has 0 amide bonds. The molecule has 2 rings (SSSR count). The minimum atomic E-state index is 0.530. The van der Waals surface area contributed by atoms with E-state index in [0.717, 1.165) is 11.1 Å². The maximum absolute atomic E-state index is 4.31. The summed E-state index contributed by atoms with van der Waals surface area (Å²) in [4.78, 5) is 4.31. The summed E-state index contributed by atoms with van der Waals surface area (Å²) in [5.74, 6) is 6.25. The molecule has 0 radical (unpaired) electrons. The summed E-state index contributed by atoms with van der Waals surface area (Å²) in [7, 11) is 0. The fraction of sp³-hybridized carbons (Fsp3) is 0.167. The van der Waals surface area contributed by atoms with E-state index < -0.39 is 0 Å². The Kier molecular flexibility index (Phi) is 4.53. The molecule has 0 atom stereocenters. The van der Waals surface area contributed by atoms with Crippen molar-refractivity contribution in [3.05, 3.63) is 70.8 Å². The van der Waals surface area contributed by atoms with Crippen molar-refractivity contribution in [3.63, 3.8) is 0 Å². The summed E-state index contributed by atoms with van der Waals surface area (Å²) < 4.78 is 0. The van der Waals surface area contributed by atoms with Gasteiger partial charge in [0.05, 0.1) is 0 Å². The molecule has 0 saturated carbocycles. The summed E-state index contributed by atoms with van der Waals surface area (Å²) in [5.41, 5.74) is 4.68. The Bertz CT molecular complexity index is 628. The molecule has 2 aromatic rings. The minimum Gasteiger partial charge on any atom is -0.280 e. The molecular formula is C18H17N. The van der Waals surface area contributed by atoms with E-state index in [1.165, 1.54) is 11.1 Å². The molecule has 0 aliphatic heterocycles. The highest BCUT2D eigenvalue weighted by molar-refractivity contribution is 5.79. The lowest BCUT2D eigenvalue weighted by molar-refractivity contribution is 1.30. The maximum atomic E-state index is 4.31. The lowest BCUT2D eigenvalue weighted by Crippen LogP contribution is -1.84. The van der Waals surface area contributed by atoms with E-state index in [4.69, 9.17) is 0 Å². The third kappa shape index (κ3) is 4.12. The van der Waals surface area contributed by atoms with Gasteiger partial charge in [0, 0.05) is 11.8 Å². The van der Waals surface area contributed by atoms with Crippen LogP contribution in [-0.2, 0) is 0 Å². The van der Waals surface area contributed by atoms with Gasteiger partial charge < -0.3 is 0 Å². The first-order chi connectivity index (χ1) is 9.25. The Morgan fingerprint density at radius 2 is 1.84 bits per heavy atom. The van der Waals surface area contributed by atoms with E-state index in [2.05, 4.69) is 48.9 Å². The van der Waals surface area contributed by atoms with Gasteiger partial charge in [-0.1, -0.05) is 59.9 Å². The number of nitrogens with zero attached hydrogens (tertiary/aromatic N) is 1. The Hall–Kier alpha value is -2.33. The fourth-order valence-electron chi connectivity index (χ4n) is 1.82. The second-order valence-electron chi connectivity index (χ2n) is 4.50. The van der Waals surface area contributed by atoms with Crippen LogP contribution in [0.25, 0.3) is 0 Å². The van der Waals surface area contributed by atoms with Crippen LogP contribution in [0.4, 0.5) is 0 Å². The molecule has 0 bridgehead atoms. The van der Waals surface area contributed by atoms with Gasteiger partial charge >= 0.3 is 0 Å². The Labute approximate surface area is 115 Å². The fourth-order valence-corrected chi connectivity index (χ4v) is 1.82. The molecule has 2 aromatic carbocycles. The summed E-state index contributed by atoms with van der Waals surface area (Å²) in [6.45, 7) is 4.71. The van der Waals surface area contributed by atoms with Gasteiger partial charge in [-0.2, -0.15) is 0 Å². The van der Waals surface area contributed by atoms with Crippen LogP contribution in [0.1, 0.15) is 22.3 Å². The van der Waals surface area contributed by atoms with Crippen LogP contribution < -0.4 is 0 Å². The summed E-state index contributed by atoms with van der Waals surface area (Å²) >= 11 is 0. The van der Waals surface area contributed by atoms with Crippen molar-refractivity contribution in [2.75, 3.05) is 6.54 Å². The van der Waals surface area contributed by atoms with Crippen molar-refractivity contribution in [3.8, 4) is 11.8 Å². The Morgan fingerprint density at radius 3 is 2.58 bits per heavy atom. The van der Waals surface area contributed by atoms with Gasteiger partial charge in [-0.3, -0.25) is 4.99 Å². The predicted octanol–water partition coefficient (Wildman–Crippen LogP) is 3.77. The van der Waals surface area contributed by atoms with Crippen LogP contribution >= 0.6 is 0 Å². The zero-order chi connectivity index (χ0) is 13.5. The number of benzene rings is 2. The Balaban J connectivity index is 1.96. The molecular weight excluding hydrogens is 230 g/mol. The normalized spacial score (nSPS) is 10.2. The smallest absolute Gasteiger partial charge is 0.100 e. The largest absolute Gasteiger partial charge is 0.280 e. The highest BCUT2D eigenvalue weighted by Crippen LogP contribution is 2.08. The lowest BCUT2D eigenvalue weighted by Gasteiger charge is -1.98. The second-order valence-corrected chi connectivity index (χ2v) is 4.50. The third-order valence-corrected chi connectivity index (χ3v) is 2.82. The molecule has 94 valence electrons. The number of aliphatic imine (C=N–C) groups is 1. The summed E-state index contributed by atoms with van der Waals surface area (Å²) in [5, 5.41) is 0. The summed E-state index contributed by atoms with van der Waals surface area (Å²) in [6, 6.07) is 16.4. The molecule has 0 aliphatic carbocycles. The van der Waals surface area contributed by atoms with E-state index in [-0.39, 0.29) is 0 Å². The van der Waals surface area contributed by atoms with Gasteiger partial charge in [0.2, 0.25) is 0 Å². The zero-order valence-corrected chi connectivity index (χ0v) is 11.4. The van der Waals surface area contributed by atoms with E-state index >= 15 is 0 Å². The number of hydrogen-bond acceptors (Lipinski definition) is 1. The molecule has 1 heteroatoms. The van der Waals surface area contributed by atoms with Crippen molar-refractivity contribution >= 4 is 6.21 Å². The minimum absolute atomic E-state index is 0.530. The average Bonchev–Trinajstić information content (AvgIpc) is 2.42. The first-order valence-corrected chi connectivity index (χ1v) is 6.37. The second kappa shape index (κ2) is 6.56. The first-order valence-electron chi connectivity index (χ1n) is 6.37. The zero-order valence-electron chi connectivity index (χ0n) is 11.4. The molecule has 0 unspecified atom stereocenters. The summed E-state index contributed by atoms with van der Waals surface area (Å²) in [6.07, 6.45) is 1.86. The van der Waals surface area contributed by atoms with E-state index in [1.54, 1.807) is 0 Å². The van der Waals surface area contributed by atoms with E-state index in [0.29, 0.717) is 6.54 Å². The van der Waals surface area contributed by atoms with Gasteiger partial charge in [-0.05, 0) is 31.0 Å². The molecule has 0 heterocycles. The van der Waals surface area contributed by atoms with E-state index in [9.17, 15) is 0 Å². The molecule has 0 saturated heterocycles. The van der Waals surface area contributed by atoms with Gasteiger partial charge in [0.15, 0.2) is 0 Å². The SMILES string of the molecule is Cc1ccc(C#CCN=Cc2ccccc2)c(C)c1. The molecule has 0 fully saturated rings. The number of aryl methyl sites for hydroxylation is 2. The van der Waals surface area contributed by atoms with Crippen LogP contribution in [0.5, 0.6) is 0 Å². The quantitative estimate of drug-likeness (QED) is 0.566. The highest BCUT2D eigenvalue weighted by Gasteiger charge is 1.93. The maximum Gasteiger partial charge on any atom is 0.100 e. The first kappa shape index (κ1) is 13.1. The number of hydrogen-bond donors (Lipinski definition) is 0. The van der Waals surface area contributed by atoms with Crippen molar-refractivity contribution in [2.45, 2.75) is 13.8 Å². The van der Waals surface area contributed by atoms with Crippen molar-refractivity contribution in [1.82, 2.24) is 0 Å². The van der Waals surface area contributed by atoms with Crippen molar-refractivity contribution in [1.29, 1.82) is 0 Å². The molecule has 1 nitrogen and oxygen atoms in total. The van der Waals surface area contributed by atoms with E-state index in [1.807, 2.05) is 36.5 Å². The highest BCUT2D eigenvalue weighted by atomic mass is 14.7. The molecule has 0 aliphatic rings. The monoisotopic (exact) mass is 247 g/mol. The lowest BCUT2D eigenvalue weighted by atomic mass is 10.1. The molecule has 19 heavy (non-hydrogen) atoms. The Morgan fingerprint density at radius 1 is 1.05 bits per heavy atom. The van der Waals surface area contributed by atoms with Crippen LogP contribution in [-0.4, -0.2) is 12.8 Å². The van der Waals surface area contributed by atoms with Crippen molar-refractivity contribution < 1.29 is 0 Å². The molecule has 0 aromatic heterocycles. The van der Waals surface area contributed by atoms with Gasteiger partial charge in [-0.25, -0.2) is 0 Å².